The summed E-state index contributed by atoms with van der Waals surface area (Å²) in [5.74, 6) is 1.53. The van der Waals surface area contributed by atoms with E-state index in [2.05, 4.69) is 68.8 Å². The van der Waals surface area contributed by atoms with Crippen LogP contribution in [0.2, 0.25) is 0 Å². The van der Waals surface area contributed by atoms with Crippen molar-refractivity contribution in [2.24, 2.45) is 0 Å². The molecule has 3 heterocycles. The van der Waals surface area contributed by atoms with Gasteiger partial charge in [-0.2, -0.15) is 10.3 Å². The Hall–Kier alpha value is -4.07. The molecule has 0 aliphatic carbocycles. The lowest BCUT2D eigenvalue weighted by Gasteiger charge is -2.15. The van der Waals surface area contributed by atoms with E-state index in [1.54, 1.807) is 6.20 Å². The van der Waals surface area contributed by atoms with E-state index < -0.39 is 0 Å². The van der Waals surface area contributed by atoms with Gasteiger partial charge >= 0.3 is 0 Å². The number of benzene rings is 2. The molecule has 0 aliphatic heterocycles. The van der Waals surface area contributed by atoms with Crippen molar-refractivity contribution in [1.82, 2.24) is 35.2 Å². The second-order valence-electron chi connectivity index (χ2n) is 7.54. The van der Waals surface area contributed by atoms with Gasteiger partial charge in [-0.15, -0.1) is 10.2 Å². The fourth-order valence-electron chi connectivity index (χ4n) is 3.63. The number of hydrogen-bond acceptors (Lipinski definition) is 6. The number of ether oxygens (including phenoxy) is 1. The Labute approximate surface area is 178 Å². The van der Waals surface area contributed by atoms with Gasteiger partial charge in [-0.3, -0.25) is 0 Å². The van der Waals surface area contributed by atoms with Crippen molar-refractivity contribution >= 4 is 5.65 Å². The summed E-state index contributed by atoms with van der Waals surface area (Å²) in [5, 5.41) is 18.8. The highest BCUT2D eigenvalue weighted by atomic mass is 16.5. The number of tetrazole rings is 1. The molecule has 0 bridgehead atoms. The Balaban J connectivity index is 1.47. The van der Waals surface area contributed by atoms with E-state index in [-0.39, 0.29) is 5.92 Å². The molecule has 0 saturated heterocycles. The zero-order chi connectivity index (χ0) is 21.2. The molecular weight excluding hydrogens is 390 g/mol. The topological polar surface area (TPSA) is 93.9 Å². The molecule has 31 heavy (non-hydrogen) atoms. The number of nitrogens with one attached hydrogen (secondary N) is 1. The fraction of sp³-hybridized carbons (Fsp3) is 0.174. The molecule has 0 unspecified atom stereocenters. The summed E-state index contributed by atoms with van der Waals surface area (Å²) < 4.78 is 7.79. The van der Waals surface area contributed by atoms with Gasteiger partial charge in [0.25, 0.3) is 0 Å². The Morgan fingerprint density at radius 3 is 2.48 bits per heavy atom. The number of H-pyrrole nitrogens is 1. The molecule has 0 radical (unpaired) electrons. The number of aromatic nitrogens is 7. The van der Waals surface area contributed by atoms with Crippen LogP contribution >= 0.6 is 0 Å². The standard InChI is InChI=1S/C23H21N7O/c1-15(2)21-19(12-24-23-20(13-25-30(21)23)22-26-28-29-27-22)17-8-10-18(11-9-17)31-14-16-6-4-3-5-7-16/h3-13,15H,14H2,1-2H3,(H,26,27,28,29). The van der Waals surface area contributed by atoms with Crippen molar-refractivity contribution in [1.29, 1.82) is 0 Å². The minimum Gasteiger partial charge on any atom is -0.489 e. The molecule has 154 valence electrons. The maximum atomic E-state index is 5.92. The average Bonchev–Trinajstić information content (AvgIpc) is 3.47. The lowest BCUT2D eigenvalue weighted by Crippen LogP contribution is -2.05. The van der Waals surface area contributed by atoms with Gasteiger partial charge in [0, 0.05) is 11.8 Å². The van der Waals surface area contributed by atoms with Crippen LogP contribution in [0.5, 0.6) is 5.75 Å². The van der Waals surface area contributed by atoms with Gasteiger partial charge in [-0.25, -0.2) is 9.50 Å². The first-order chi connectivity index (χ1) is 15.2. The Bertz CT molecular complexity index is 1290. The van der Waals surface area contributed by atoms with E-state index in [9.17, 15) is 0 Å². The largest absolute Gasteiger partial charge is 0.489 e. The van der Waals surface area contributed by atoms with Crippen molar-refractivity contribution in [3.63, 3.8) is 0 Å². The van der Waals surface area contributed by atoms with Crippen LogP contribution in [0.3, 0.4) is 0 Å². The van der Waals surface area contributed by atoms with E-state index in [0.29, 0.717) is 18.1 Å². The fourth-order valence-corrected chi connectivity index (χ4v) is 3.63. The molecule has 0 saturated carbocycles. The van der Waals surface area contributed by atoms with E-state index in [4.69, 9.17) is 4.74 Å². The molecule has 0 aliphatic rings. The maximum Gasteiger partial charge on any atom is 0.210 e. The van der Waals surface area contributed by atoms with E-state index >= 15 is 0 Å². The van der Waals surface area contributed by atoms with Gasteiger partial charge in [0.1, 0.15) is 12.4 Å². The molecule has 8 heteroatoms. The van der Waals surface area contributed by atoms with Gasteiger partial charge in [-0.05, 0) is 34.4 Å². The number of aromatic amines is 1. The Morgan fingerprint density at radius 2 is 1.77 bits per heavy atom. The summed E-state index contributed by atoms with van der Waals surface area (Å²) >= 11 is 0. The van der Waals surface area contributed by atoms with Crippen molar-refractivity contribution in [2.75, 3.05) is 0 Å². The summed E-state index contributed by atoms with van der Waals surface area (Å²) in [7, 11) is 0. The van der Waals surface area contributed by atoms with Crippen molar-refractivity contribution in [2.45, 2.75) is 26.4 Å². The quantitative estimate of drug-likeness (QED) is 0.448. The number of nitrogens with zero attached hydrogens (tertiary/aromatic N) is 6. The third kappa shape index (κ3) is 3.63. The van der Waals surface area contributed by atoms with E-state index in [1.807, 2.05) is 41.0 Å². The average molecular weight is 411 g/mol. The molecule has 8 nitrogen and oxygen atoms in total. The molecule has 3 aromatic heterocycles. The van der Waals surface area contributed by atoms with Crippen LogP contribution in [0.25, 0.3) is 28.2 Å². The Kier molecular flexibility index (Phi) is 4.87. The SMILES string of the molecule is CC(C)c1c(-c2ccc(OCc3ccccc3)cc2)cnc2c(-c3nn[nH]n3)cnn12. The normalized spacial score (nSPS) is 11.3. The van der Waals surface area contributed by atoms with Gasteiger partial charge < -0.3 is 4.74 Å². The molecule has 0 spiro atoms. The number of rotatable bonds is 6. The zero-order valence-electron chi connectivity index (χ0n) is 17.2. The number of hydrogen-bond donors (Lipinski definition) is 1. The molecule has 5 rings (SSSR count). The molecule has 1 N–H and O–H groups in total. The summed E-state index contributed by atoms with van der Waals surface area (Å²) in [6.45, 7) is 4.83. The highest BCUT2D eigenvalue weighted by Crippen LogP contribution is 2.32. The molecular formula is C23H21N7O. The predicted octanol–water partition coefficient (Wildman–Crippen LogP) is 4.28. The van der Waals surface area contributed by atoms with Crippen molar-refractivity contribution in [3.8, 4) is 28.3 Å². The minimum absolute atomic E-state index is 0.229. The van der Waals surface area contributed by atoms with Crippen LogP contribution in [-0.4, -0.2) is 35.2 Å². The van der Waals surface area contributed by atoms with Crippen LogP contribution in [0.1, 0.15) is 31.0 Å². The van der Waals surface area contributed by atoms with Crippen molar-refractivity contribution < 1.29 is 4.74 Å². The lowest BCUT2D eigenvalue weighted by atomic mass is 9.99. The van der Waals surface area contributed by atoms with Gasteiger partial charge in [0.05, 0.1) is 17.5 Å². The van der Waals surface area contributed by atoms with Crippen LogP contribution in [0, 0.1) is 0 Å². The lowest BCUT2D eigenvalue weighted by molar-refractivity contribution is 0.306. The van der Waals surface area contributed by atoms with Crippen molar-refractivity contribution in [3.05, 3.63) is 78.2 Å². The summed E-state index contributed by atoms with van der Waals surface area (Å²) in [4.78, 5) is 4.66. The summed E-state index contributed by atoms with van der Waals surface area (Å²) in [5.41, 5.74) is 5.74. The summed E-state index contributed by atoms with van der Waals surface area (Å²) in [6.07, 6.45) is 3.61. The second-order valence-corrected chi connectivity index (χ2v) is 7.54. The third-order valence-corrected chi connectivity index (χ3v) is 5.11. The van der Waals surface area contributed by atoms with Gasteiger partial charge in [-0.1, -0.05) is 56.3 Å². The first-order valence-electron chi connectivity index (χ1n) is 10.1. The molecule has 5 aromatic rings. The predicted molar refractivity (Wildman–Crippen MR) is 116 cm³/mol. The first kappa shape index (κ1) is 18.9. The highest BCUT2D eigenvalue weighted by molar-refractivity contribution is 5.75. The molecule has 0 atom stereocenters. The maximum absolute atomic E-state index is 5.92. The number of fused-ring (bicyclic) bond motifs is 1. The van der Waals surface area contributed by atoms with Crippen LogP contribution in [0.15, 0.2) is 67.0 Å². The smallest absolute Gasteiger partial charge is 0.210 e. The second kappa shape index (κ2) is 7.98. The molecule has 0 amide bonds. The van der Waals surface area contributed by atoms with E-state index in [0.717, 1.165) is 33.7 Å². The van der Waals surface area contributed by atoms with Crippen LogP contribution in [-0.2, 0) is 6.61 Å². The first-order valence-corrected chi connectivity index (χ1v) is 10.1. The van der Waals surface area contributed by atoms with Gasteiger partial charge in [0.15, 0.2) is 5.65 Å². The third-order valence-electron chi connectivity index (χ3n) is 5.11. The molecule has 0 fully saturated rings. The van der Waals surface area contributed by atoms with Gasteiger partial charge in [0.2, 0.25) is 5.82 Å². The van der Waals surface area contributed by atoms with Crippen LogP contribution < -0.4 is 4.74 Å². The minimum atomic E-state index is 0.229. The summed E-state index contributed by atoms with van der Waals surface area (Å²) in [6, 6.07) is 18.2. The van der Waals surface area contributed by atoms with E-state index in [1.165, 1.54) is 0 Å². The monoisotopic (exact) mass is 411 g/mol. The Morgan fingerprint density at radius 1 is 0.968 bits per heavy atom. The zero-order valence-corrected chi connectivity index (χ0v) is 17.2. The highest BCUT2D eigenvalue weighted by Gasteiger charge is 2.19. The molecule has 2 aromatic carbocycles. The van der Waals surface area contributed by atoms with Crippen LogP contribution in [0.4, 0.5) is 0 Å².